The Morgan fingerprint density at radius 1 is 1.00 bits per heavy atom. The number of nitrogens with zero attached hydrogens (tertiary/aromatic N) is 2. The number of benzene rings is 1. The molecule has 31 heavy (non-hydrogen) atoms. The minimum atomic E-state index is -0.465. The zero-order valence-electron chi connectivity index (χ0n) is 19.1. The third-order valence-corrected chi connectivity index (χ3v) is 5.85. The number of piperidine rings is 2. The van der Waals surface area contributed by atoms with E-state index in [4.69, 9.17) is 9.47 Å². The zero-order valence-corrected chi connectivity index (χ0v) is 19.1. The fourth-order valence-corrected chi connectivity index (χ4v) is 4.10. The summed E-state index contributed by atoms with van der Waals surface area (Å²) in [6, 6.07) is 10.1. The summed E-state index contributed by atoms with van der Waals surface area (Å²) in [4.78, 5) is 28.3. The molecule has 7 nitrogen and oxygen atoms in total. The van der Waals surface area contributed by atoms with Gasteiger partial charge in [0, 0.05) is 32.2 Å². The number of likely N-dealkylation sites (tertiary alicyclic amines) is 2. The molecule has 0 saturated carbocycles. The van der Waals surface area contributed by atoms with E-state index in [0.29, 0.717) is 25.1 Å². The second-order valence-electron chi connectivity index (χ2n) is 9.64. The van der Waals surface area contributed by atoms with Crippen molar-refractivity contribution in [2.24, 2.45) is 5.92 Å². The topological polar surface area (TPSA) is 71.1 Å². The quantitative estimate of drug-likeness (QED) is 0.762. The average molecular weight is 432 g/mol. The summed E-state index contributed by atoms with van der Waals surface area (Å²) in [6.07, 6.45) is 3.55. The van der Waals surface area contributed by atoms with Gasteiger partial charge in [-0.3, -0.25) is 0 Å². The van der Waals surface area contributed by atoms with Crippen LogP contribution in [0, 0.1) is 5.92 Å². The molecule has 2 saturated heterocycles. The Balaban J connectivity index is 1.34. The number of ether oxygens (including phenoxy) is 2. The molecule has 0 aliphatic carbocycles. The Kier molecular flexibility index (Phi) is 8.18. The summed E-state index contributed by atoms with van der Waals surface area (Å²) >= 11 is 0. The van der Waals surface area contributed by atoms with E-state index in [2.05, 4.69) is 5.32 Å². The highest BCUT2D eigenvalue weighted by molar-refractivity contribution is 5.68. The number of amides is 2. The van der Waals surface area contributed by atoms with Crippen LogP contribution >= 0.6 is 0 Å². The highest BCUT2D eigenvalue weighted by atomic mass is 16.6. The lowest BCUT2D eigenvalue weighted by atomic mass is 9.96. The molecule has 2 amide bonds. The van der Waals surface area contributed by atoms with Gasteiger partial charge in [-0.1, -0.05) is 30.3 Å². The van der Waals surface area contributed by atoms with E-state index in [9.17, 15) is 9.59 Å². The van der Waals surface area contributed by atoms with Crippen LogP contribution in [0.1, 0.15) is 52.0 Å². The molecule has 0 radical (unpaired) electrons. The number of nitrogens with one attached hydrogen (secondary N) is 1. The summed E-state index contributed by atoms with van der Waals surface area (Å²) < 4.78 is 11.0. The van der Waals surface area contributed by atoms with Crippen LogP contribution in [0.3, 0.4) is 0 Å². The van der Waals surface area contributed by atoms with Crippen molar-refractivity contribution >= 4 is 12.2 Å². The molecule has 172 valence electrons. The van der Waals surface area contributed by atoms with Gasteiger partial charge in [0.15, 0.2) is 0 Å². The summed E-state index contributed by atoms with van der Waals surface area (Å²) in [6.45, 7) is 9.84. The summed E-state index contributed by atoms with van der Waals surface area (Å²) in [7, 11) is 0. The number of carbonyl (C=O) groups excluding carboxylic acids is 2. The molecule has 0 aromatic heterocycles. The van der Waals surface area contributed by atoms with E-state index in [0.717, 1.165) is 57.4 Å². The number of hydrogen-bond donors (Lipinski definition) is 1. The van der Waals surface area contributed by atoms with Crippen LogP contribution < -0.4 is 5.32 Å². The molecule has 7 heteroatoms. The maximum absolute atomic E-state index is 12.3. The molecule has 1 N–H and O–H groups in total. The molecule has 3 rings (SSSR count). The molecule has 0 bridgehead atoms. The molecular formula is C24H37N3O4. The smallest absolute Gasteiger partial charge is 0.410 e. The highest BCUT2D eigenvalue weighted by Crippen LogP contribution is 2.20. The van der Waals surface area contributed by atoms with Crippen LogP contribution in [0.5, 0.6) is 0 Å². The lowest BCUT2D eigenvalue weighted by Crippen LogP contribution is -2.50. The highest BCUT2D eigenvalue weighted by Gasteiger charge is 2.29. The van der Waals surface area contributed by atoms with Crippen LogP contribution in [-0.2, 0) is 16.1 Å². The first kappa shape index (κ1) is 23.4. The lowest BCUT2D eigenvalue weighted by Gasteiger charge is -2.36. The molecule has 2 aliphatic heterocycles. The van der Waals surface area contributed by atoms with Crippen LogP contribution in [0.4, 0.5) is 9.59 Å². The van der Waals surface area contributed by atoms with Crippen LogP contribution in [0.15, 0.2) is 30.3 Å². The maximum Gasteiger partial charge on any atom is 0.410 e. The average Bonchev–Trinajstić information content (AvgIpc) is 2.76. The molecule has 1 atom stereocenters. The number of hydrogen-bond acceptors (Lipinski definition) is 5. The zero-order chi connectivity index (χ0) is 22.3. The monoisotopic (exact) mass is 431 g/mol. The third-order valence-electron chi connectivity index (χ3n) is 5.85. The number of carbonyl (C=O) groups is 2. The van der Waals surface area contributed by atoms with Crippen LogP contribution in [-0.4, -0.2) is 66.4 Å². The summed E-state index contributed by atoms with van der Waals surface area (Å²) in [5.41, 5.74) is 0.538. The van der Waals surface area contributed by atoms with Gasteiger partial charge in [0.2, 0.25) is 0 Å². The van der Waals surface area contributed by atoms with Gasteiger partial charge >= 0.3 is 12.2 Å². The number of rotatable bonds is 5. The van der Waals surface area contributed by atoms with Crippen molar-refractivity contribution in [3.05, 3.63) is 35.9 Å². The SMILES string of the molecule is CC(C)(C)OC(=O)N1CCC[C@@H](NCC2CCN(C(=O)OCc3ccccc3)CC2)C1. The first-order chi connectivity index (χ1) is 14.8. The molecule has 2 aliphatic rings. The predicted octanol–water partition coefficient (Wildman–Crippen LogP) is 4.02. The Bertz CT molecular complexity index is 711. The first-order valence-electron chi connectivity index (χ1n) is 11.5. The van der Waals surface area contributed by atoms with E-state index < -0.39 is 5.60 Å². The van der Waals surface area contributed by atoms with Gasteiger partial charge < -0.3 is 24.6 Å². The van der Waals surface area contributed by atoms with E-state index in [-0.39, 0.29) is 12.2 Å². The molecule has 1 aromatic rings. The first-order valence-corrected chi connectivity index (χ1v) is 11.5. The van der Waals surface area contributed by atoms with Gasteiger partial charge in [-0.15, -0.1) is 0 Å². The minimum Gasteiger partial charge on any atom is -0.445 e. The van der Waals surface area contributed by atoms with E-state index in [1.54, 1.807) is 0 Å². The molecule has 2 heterocycles. The Morgan fingerprint density at radius 2 is 1.71 bits per heavy atom. The van der Waals surface area contributed by atoms with Crippen molar-refractivity contribution in [2.45, 2.75) is 64.7 Å². The van der Waals surface area contributed by atoms with Crippen molar-refractivity contribution in [2.75, 3.05) is 32.7 Å². The summed E-state index contributed by atoms with van der Waals surface area (Å²) in [5.74, 6) is 0.537. The van der Waals surface area contributed by atoms with Gasteiger partial charge in [-0.25, -0.2) is 9.59 Å². The Morgan fingerprint density at radius 3 is 2.39 bits per heavy atom. The summed E-state index contributed by atoms with van der Waals surface area (Å²) in [5, 5.41) is 3.65. The van der Waals surface area contributed by atoms with Gasteiger partial charge in [-0.05, 0) is 64.5 Å². The Labute approximate surface area is 186 Å². The van der Waals surface area contributed by atoms with Gasteiger partial charge in [0.05, 0.1) is 0 Å². The van der Waals surface area contributed by atoms with Crippen molar-refractivity contribution in [3.63, 3.8) is 0 Å². The van der Waals surface area contributed by atoms with Gasteiger partial charge in [0.1, 0.15) is 12.2 Å². The molecule has 1 aromatic carbocycles. The second-order valence-corrected chi connectivity index (χ2v) is 9.64. The van der Waals surface area contributed by atoms with Crippen molar-refractivity contribution < 1.29 is 19.1 Å². The fourth-order valence-electron chi connectivity index (χ4n) is 4.10. The fraction of sp³-hybridized carbons (Fsp3) is 0.667. The van der Waals surface area contributed by atoms with E-state index in [1.165, 1.54) is 0 Å². The molecule has 0 unspecified atom stereocenters. The lowest BCUT2D eigenvalue weighted by molar-refractivity contribution is 0.0185. The third kappa shape index (κ3) is 7.73. The normalized spacial score (nSPS) is 20.4. The van der Waals surface area contributed by atoms with Crippen molar-refractivity contribution in [3.8, 4) is 0 Å². The van der Waals surface area contributed by atoms with Crippen molar-refractivity contribution in [1.82, 2.24) is 15.1 Å². The largest absolute Gasteiger partial charge is 0.445 e. The Hall–Kier alpha value is -2.28. The van der Waals surface area contributed by atoms with Crippen LogP contribution in [0.25, 0.3) is 0 Å². The van der Waals surface area contributed by atoms with E-state index >= 15 is 0 Å². The standard InChI is InChI=1S/C24H37N3O4/c1-24(2,3)31-23(29)27-13-7-10-21(17-27)25-16-19-11-14-26(15-12-19)22(28)30-18-20-8-5-4-6-9-20/h4-6,8-9,19,21,25H,7,10-18H2,1-3H3/t21-/m1/s1. The molecule has 2 fully saturated rings. The molecule has 0 spiro atoms. The van der Waals surface area contributed by atoms with Crippen molar-refractivity contribution in [1.29, 1.82) is 0 Å². The van der Waals surface area contributed by atoms with Gasteiger partial charge in [0.25, 0.3) is 0 Å². The minimum absolute atomic E-state index is 0.221. The second kappa shape index (κ2) is 10.8. The maximum atomic E-state index is 12.3. The van der Waals surface area contributed by atoms with Gasteiger partial charge in [-0.2, -0.15) is 0 Å². The predicted molar refractivity (Wildman–Crippen MR) is 120 cm³/mol. The van der Waals surface area contributed by atoms with Crippen LogP contribution in [0.2, 0.25) is 0 Å². The molecular weight excluding hydrogens is 394 g/mol. The van der Waals surface area contributed by atoms with E-state index in [1.807, 2.05) is 60.9 Å².